The fraction of sp³-hybridized carbons (Fsp3) is 0.100. The summed E-state index contributed by atoms with van der Waals surface area (Å²) in [5.41, 5.74) is 6.85. The van der Waals surface area contributed by atoms with Crippen LogP contribution in [0.1, 0.15) is 5.76 Å². The number of hydrogen-bond acceptors (Lipinski definition) is 3. The van der Waals surface area contributed by atoms with Gasteiger partial charge in [-0.2, -0.15) is 0 Å². The maximum atomic E-state index is 12.8. The van der Waals surface area contributed by atoms with Crippen molar-refractivity contribution in [3.63, 3.8) is 0 Å². The van der Waals surface area contributed by atoms with Crippen LogP contribution in [0, 0.1) is 12.7 Å². The minimum Gasteiger partial charge on any atom is -0.380 e. The van der Waals surface area contributed by atoms with E-state index in [4.69, 9.17) is 21.9 Å². The van der Waals surface area contributed by atoms with Gasteiger partial charge in [0.15, 0.2) is 5.82 Å². The number of hydrogen-bond donors (Lipinski definition) is 1. The van der Waals surface area contributed by atoms with Crippen LogP contribution in [0.15, 0.2) is 22.7 Å². The third kappa shape index (κ3) is 1.68. The van der Waals surface area contributed by atoms with Crippen LogP contribution in [0.3, 0.4) is 0 Å². The van der Waals surface area contributed by atoms with Crippen LogP contribution in [0.5, 0.6) is 0 Å². The molecule has 2 N–H and O–H groups in total. The van der Waals surface area contributed by atoms with E-state index in [0.717, 1.165) is 0 Å². The van der Waals surface area contributed by atoms with Gasteiger partial charge in [0, 0.05) is 5.56 Å². The van der Waals surface area contributed by atoms with Gasteiger partial charge in [-0.05, 0) is 25.1 Å². The van der Waals surface area contributed by atoms with E-state index in [1.807, 2.05) is 0 Å². The number of nitrogen functional groups attached to an aromatic ring is 1. The molecule has 1 aromatic heterocycles. The summed E-state index contributed by atoms with van der Waals surface area (Å²) in [6.07, 6.45) is 0. The number of halogens is 2. The van der Waals surface area contributed by atoms with Gasteiger partial charge in [-0.25, -0.2) is 4.39 Å². The predicted molar refractivity (Wildman–Crippen MR) is 56.1 cm³/mol. The monoisotopic (exact) mass is 226 g/mol. The highest BCUT2D eigenvalue weighted by molar-refractivity contribution is 6.33. The molecule has 1 heterocycles. The maximum absolute atomic E-state index is 12.8. The third-order valence-corrected chi connectivity index (χ3v) is 2.40. The molecule has 0 spiro atoms. The van der Waals surface area contributed by atoms with E-state index >= 15 is 0 Å². The smallest absolute Gasteiger partial charge is 0.175 e. The molecule has 1 aromatic carbocycles. The lowest BCUT2D eigenvalue weighted by molar-refractivity contribution is 0.401. The van der Waals surface area contributed by atoms with Gasteiger partial charge in [0.05, 0.1) is 10.6 Å². The van der Waals surface area contributed by atoms with Gasteiger partial charge in [-0.3, -0.25) is 0 Å². The molecule has 2 rings (SSSR count). The quantitative estimate of drug-likeness (QED) is 0.813. The summed E-state index contributed by atoms with van der Waals surface area (Å²) < 4.78 is 17.7. The van der Waals surface area contributed by atoms with Gasteiger partial charge in [-0.15, -0.1) is 0 Å². The molecule has 0 unspecified atom stereocenters. The molecule has 3 nitrogen and oxygen atoms in total. The molecule has 0 bridgehead atoms. The van der Waals surface area contributed by atoms with Crippen molar-refractivity contribution < 1.29 is 8.91 Å². The van der Waals surface area contributed by atoms with Crippen LogP contribution < -0.4 is 5.73 Å². The first-order valence-corrected chi connectivity index (χ1v) is 4.64. The Kier molecular flexibility index (Phi) is 2.36. The van der Waals surface area contributed by atoms with E-state index in [2.05, 4.69) is 5.16 Å². The summed E-state index contributed by atoms with van der Waals surface area (Å²) in [4.78, 5) is 0. The molecule has 0 atom stereocenters. The summed E-state index contributed by atoms with van der Waals surface area (Å²) in [7, 11) is 0. The van der Waals surface area contributed by atoms with Crippen molar-refractivity contribution in [1.82, 2.24) is 5.16 Å². The van der Waals surface area contributed by atoms with Gasteiger partial charge in [0.25, 0.3) is 0 Å². The van der Waals surface area contributed by atoms with Crippen molar-refractivity contribution in [1.29, 1.82) is 0 Å². The SMILES string of the molecule is Cc1onc(N)c1-c1ccc(F)cc1Cl. The van der Waals surface area contributed by atoms with E-state index in [1.165, 1.54) is 12.1 Å². The number of benzene rings is 1. The average molecular weight is 227 g/mol. The number of nitrogens with two attached hydrogens (primary N) is 1. The fourth-order valence-electron chi connectivity index (χ4n) is 1.41. The first-order valence-electron chi connectivity index (χ1n) is 4.26. The topological polar surface area (TPSA) is 52.0 Å². The molecule has 5 heteroatoms. The van der Waals surface area contributed by atoms with Gasteiger partial charge < -0.3 is 10.3 Å². The minimum atomic E-state index is -0.392. The summed E-state index contributed by atoms with van der Waals surface area (Å²) >= 11 is 5.90. The zero-order chi connectivity index (χ0) is 11.0. The summed E-state index contributed by atoms with van der Waals surface area (Å²) in [5, 5.41) is 3.89. The Morgan fingerprint density at radius 1 is 1.47 bits per heavy atom. The largest absolute Gasteiger partial charge is 0.380 e. The summed E-state index contributed by atoms with van der Waals surface area (Å²) in [6.45, 7) is 1.72. The number of anilines is 1. The zero-order valence-electron chi connectivity index (χ0n) is 7.92. The van der Waals surface area contributed by atoms with E-state index in [0.29, 0.717) is 16.9 Å². The number of aryl methyl sites for hydroxylation is 1. The molecule has 0 amide bonds. The van der Waals surface area contributed by atoms with Crippen molar-refractivity contribution >= 4 is 17.4 Å². The van der Waals surface area contributed by atoms with Crippen LogP contribution in [0.2, 0.25) is 5.02 Å². The van der Waals surface area contributed by atoms with Crippen molar-refractivity contribution in [2.24, 2.45) is 0 Å². The second-order valence-corrected chi connectivity index (χ2v) is 3.53. The molecule has 0 aliphatic heterocycles. The number of nitrogens with zero attached hydrogens (tertiary/aromatic N) is 1. The van der Waals surface area contributed by atoms with Gasteiger partial charge >= 0.3 is 0 Å². The first kappa shape index (κ1) is 9.98. The molecule has 0 fully saturated rings. The number of rotatable bonds is 1. The first-order chi connectivity index (χ1) is 7.09. The minimum absolute atomic E-state index is 0.251. The Hall–Kier alpha value is -1.55. The van der Waals surface area contributed by atoms with Gasteiger partial charge in [-0.1, -0.05) is 16.8 Å². The highest BCUT2D eigenvalue weighted by Crippen LogP contribution is 2.34. The Bertz CT molecular complexity index is 491. The molecular weight excluding hydrogens is 219 g/mol. The standard InChI is InChI=1S/C10H8ClFN2O/c1-5-9(10(13)14-15-5)7-3-2-6(12)4-8(7)11/h2-4H,1H3,(H2,13,14). The number of aromatic nitrogens is 1. The predicted octanol–water partition coefficient (Wildman–Crippen LogP) is 3.02. The van der Waals surface area contributed by atoms with E-state index in [1.54, 1.807) is 13.0 Å². The lowest BCUT2D eigenvalue weighted by Gasteiger charge is -2.02. The van der Waals surface area contributed by atoms with Crippen LogP contribution in [-0.4, -0.2) is 5.16 Å². The van der Waals surface area contributed by atoms with Gasteiger partial charge in [0.2, 0.25) is 0 Å². The van der Waals surface area contributed by atoms with E-state index < -0.39 is 5.82 Å². The molecule has 0 saturated carbocycles. The zero-order valence-corrected chi connectivity index (χ0v) is 8.68. The van der Waals surface area contributed by atoms with Crippen molar-refractivity contribution in [3.8, 4) is 11.1 Å². The maximum Gasteiger partial charge on any atom is 0.175 e. The Morgan fingerprint density at radius 2 is 2.20 bits per heavy atom. The lowest BCUT2D eigenvalue weighted by Crippen LogP contribution is -1.89. The molecule has 78 valence electrons. The van der Waals surface area contributed by atoms with Crippen LogP contribution >= 0.6 is 11.6 Å². The normalized spacial score (nSPS) is 10.6. The lowest BCUT2D eigenvalue weighted by atomic mass is 10.1. The second kappa shape index (κ2) is 3.55. The molecule has 0 radical (unpaired) electrons. The molecule has 2 aromatic rings. The second-order valence-electron chi connectivity index (χ2n) is 3.12. The molecule has 15 heavy (non-hydrogen) atoms. The Labute approximate surface area is 90.6 Å². The van der Waals surface area contributed by atoms with Crippen molar-refractivity contribution in [2.75, 3.05) is 5.73 Å². The summed E-state index contributed by atoms with van der Waals surface area (Å²) in [6, 6.07) is 4.09. The van der Waals surface area contributed by atoms with Crippen LogP contribution in [-0.2, 0) is 0 Å². The Balaban J connectivity index is 2.64. The molecule has 0 aliphatic rings. The van der Waals surface area contributed by atoms with Crippen LogP contribution in [0.4, 0.5) is 10.2 Å². The fourth-order valence-corrected chi connectivity index (χ4v) is 1.67. The van der Waals surface area contributed by atoms with E-state index in [-0.39, 0.29) is 10.8 Å². The van der Waals surface area contributed by atoms with Crippen molar-refractivity contribution in [2.45, 2.75) is 6.92 Å². The van der Waals surface area contributed by atoms with Crippen LogP contribution in [0.25, 0.3) is 11.1 Å². The van der Waals surface area contributed by atoms with Gasteiger partial charge in [0.1, 0.15) is 11.6 Å². The molecule has 0 saturated heterocycles. The molecular formula is C10H8ClFN2O. The highest BCUT2D eigenvalue weighted by atomic mass is 35.5. The average Bonchev–Trinajstić information content (AvgIpc) is 2.48. The van der Waals surface area contributed by atoms with Crippen molar-refractivity contribution in [3.05, 3.63) is 34.8 Å². The highest BCUT2D eigenvalue weighted by Gasteiger charge is 2.15. The molecule has 0 aliphatic carbocycles. The Morgan fingerprint density at radius 3 is 2.73 bits per heavy atom. The van der Waals surface area contributed by atoms with E-state index in [9.17, 15) is 4.39 Å². The summed E-state index contributed by atoms with van der Waals surface area (Å²) in [5.74, 6) is 0.415. The third-order valence-electron chi connectivity index (χ3n) is 2.09.